The topological polar surface area (TPSA) is 57.6 Å². The minimum Gasteiger partial charge on any atom is -0.369 e. The lowest BCUT2D eigenvalue weighted by molar-refractivity contribution is 0.0950. The third-order valence-electron chi connectivity index (χ3n) is 7.37. The second-order valence-electron chi connectivity index (χ2n) is 9.66. The van der Waals surface area contributed by atoms with Crippen molar-refractivity contribution in [3.8, 4) is 0 Å². The first-order chi connectivity index (χ1) is 16.6. The lowest BCUT2D eigenvalue weighted by atomic mass is 9.89. The summed E-state index contributed by atoms with van der Waals surface area (Å²) in [4.78, 5) is 30.5. The molecule has 192 valence electrons. The second-order valence-corrected chi connectivity index (χ2v) is 10.5. The van der Waals surface area contributed by atoms with Gasteiger partial charge in [-0.25, -0.2) is 0 Å². The molecule has 3 rings (SSSR count). The van der Waals surface area contributed by atoms with Crippen LogP contribution in [0.3, 0.4) is 0 Å². The van der Waals surface area contributed by atoms with Gasteiger partial charge in [-0.1, -0.05) is 23.2 Å². The Morgan fingerprint density at radius 1 is 1.06 bits per heavy atom. The first-order valence-corrected chi connectivity index (χ1v) is 13.2. The van der Waals surface area contributed by atoms with E-state index >= 15 is 0 Å². The molecule has 0 bridgehead atoms. The maximum Gasteiger partial charge on any atom is 0.251 e. The SMILES string of the molecule is CCN(c1cc(Cl)cc(C(=O)NCc2c(Cl)n(CC)c(C)cc2=O)c1C)C1CCC(N(C)C)CC1. The van der Waals surface area contributed by atoms with E-state index in [1.807, 2.05) is 31.4 Å². The fraction of sp³-hybridized carbons (Fsp3) is 0.556. The molecule has 0 saturated heterocycles. The van der Waals surface area contributed by atoms with Crippen LogP contribution in [-0.4, -0.2) is 48.1 Å². The van der Waals surface area contributed by atoms with Crippen LogP contribution in [-0.2, 0) is 13.1 Å². The summed E-state index contributed by atoms with van der Waals surface area (Å²) in [5.74, 6) is -0.266. The van der Waals surface area contributed by atoms with Gasteiger partial charge in [0.2, 0.25) is 0 Å². The monoisotopic (exact) mass is 520 g/mol. The fourth-order valence-electron chi connectivity index (χ4n) is 5.30. The Morgan fingerprint density at radius 2 is 1.69 bits per heavy atom. The van der Waals surface area contributed by atoms with Crippen molar-refractivity contribution in [2.75, 3.05) is 25.5 Å². The van der Waals surface area contributed by atoms with Gasteiger partial charge in [-0.3, -0.25) is 9.59 Å². The summed E-state index contributed by atoms with van der Waals surface area (Å²) >= 11 is 13.0. The van der Waals surface area contributed by atoms with Crippen molar-refractivity contribution >= 4 is 34.8 Å². The molecule has 1 amide bonds. The number of carbonyl (C=O) groups is 1. The smallest absolute Gasteiger partial charge is 0.251 e. The Morgan fingerprint density at radius 3 is 2.26 bits per heavy atom. The molecule has 35 heavy (non-hydrogen) atoms. The molecule has 0 radical (unpaired) electrons. The van der Waals surface area contributed by atoms with E-state index in [2.05, 4.69) is 36.1 Å². The normalized spacial score (nSPS) is 18.1. The van der Waals surface area contributed by atoms with Gasteiger partial charge in [0, 0.05) is 59.8 Å². The van der Waals surface area contributed by atoms with Gasteiger partial charge in [0.05, 0.1) is 5.56 Å². The van der Waals surface area contributed by atoms with Crippen LogP contribution in [0.15, 0.2) is 23.0 Å². The van der Waals surface area contributed by atoms with E-state index in [4.69, 9.17) is 23.2 Å². The zero-order valence-electron chi connectivity index (χ0n) is 21.8. The van der Waals surface area contributed by atoms with Gasteiger partial charge in [-0.15, -0.1) is 0 Å². The van der Waals surface area contributed by atoms with Crippen LogP contribution >= 0.6 is 23.2 Å². The molecule has 0 unspecified atom stereocenters. The molecule has 1 heterocycles. The quantitative estimate of drug-likeness (QED) is 0.472. The molecule has 1 aliphatic carbocycles. The number of benzene rings is 1. The van der Waals surface area contributed by atoms with Crippen LogP contribution in [0.1, 0.15) is 66.7 Å². The van der Waals surface area contributed by atoms with Gasteiger partial charge in [0.15, 0.2) is 5.43 Å². The summed E-state index contributed by atoms with van der Waals surface area (Å²) in [5.41, 5.74) is 3.43. The Labute approximate surface area is 219 Å². The first kappa shape index (κ1) is 27.6. The number of nitrogens with zero attached hydrogens (tertiary/aromatic N) is 3. The van der Waals surface area contributed by atoms with Crippen molar-refractivity contribution in [2.45, 2.75) is 78.6 Å². The Kier molecular flexibility index (Phi) is 9.30. The number of hydrogen-bond acceptors (Lipinski definition) is 4. The molecule has 6 nitrogen and oxygen atoms in total. The van der Waals surface area contributed by atoms with Crippen molar-refractivity contribution in [1.82, 2.24) is 14.8 Å². The number of aryl methyl sites for hydroxylation is 1. The van der Waals surface area contributed by atoms with E-state index in [1.54, 1.807) is 12.1 Å². The lowest BCUT2D eigenvalue weighted by Gasteiger charge is -2.40. The highest BCUT2D eigenvalue weighted by Crippen LogP contribution is 2.34. The zero-order chi connectivity index (χ0) is 25.9. The van der Waals surface area contributed by atoms with Crippen molar-refractivity contribution in [2.24, 2.45) is 0 Å². The van der Waals surface area contributed by atoms with Crippen LogP contribution in [0.2, 0.25) is 10.2 Å². The van der Waals surface area contributed by atoms with E-state index in [0.29, 0.717) is 39.9 Å². The van der Waals surface area contributed by atoms with Gasteiger partial charge >= 0.3 is 0 Å². The fourth-order valence-corrected chi connectivity index (χ4v) is 5.92. The summed E-state index contributed by atoms with van der Waals surface area (Å²) in [6, 6.07) is 6.27. The van der Waals surface area contributed by atoms with Gasteiger partial charge in [-0.05, 0) is 85.2 Å². The predicted molar refractivity (Wildman–Crippen MR) is 146 cm³/mol. The van der Waals surface area contributed by atoms with E-state index in [0.717, 1.165) is 49.2 Å². The average Bonchev–Trinajstić information content (AvgIpc) is 2.81. The molecule has 1 saturated carbocycles. The summed E-state index contributed by atoms with van der Waals surface area (Å²) in [7, 11) is 4.30. The minimum atomic E-state index is -0.266. The molecule has 2 aromatic rings. The Bertz CT molecular complexity index is 1120. The summed E-state index contributed by atoms with van der Waals surface area (Å²) < 4.78 is 1.86. The largest absolute Gasteiger partial charge is 0.369 e. The minimum absolute atomic E-state index is 0.0596. The van der Waals surface area contributed by atoms with E-state index < -0.39 is 0 Å². The molecular weight excluding hydrogens is 483 g/mol. The van der Waals surface area contributed by atoms with Crippen LogP contribution in [0.5, 0.6) is 0 Å². The molecule has 1 aromatic carbocycles. The Balaban J connectivity index is 1.83. The molecule has 0 aliphatic heterocycles. The molecule has 1 aliphatic rings. The predicted octanol–water partition coefficient (Wildman–Crippen LogP) is 5.42. The van der Waals surface area contributed by atoms with Gasteiger partial charge in [0.25, 0.3) is 5.91 Å². The standard InChI is InChI=1S/C27H38Cl2N4O2/c1-7-32-17(3)13-25(34)23(26(32)29)16-30-27(35)22-14-19(28)15-24(18(22)4)33(8-2)21-11-9-20(10-12-21)31(5)6/h13-15,20-21H,7-12,16H2,1-6H3,(H,30,35). The average molecular weight is 522 g/mol. The third kappa shape index (κ3) is 6.04. The van der Waals surface area contributed by atoms with Crippen molar-refractivity contribution in [3.05, 3.63) is 61.0 Å². The summed E-state index contributed by atoms with van der Waals surface area (Å²) in [6.45, 7) is 9.48. The summed E-state index contributed by atoms with van der Waals surface area (Å²) in [6.07, 6.45) is 4.54. The van der Waals surface area contributed by atoms with Crippen molar-refractivity contribution < 1.29 is 4.79 Å². The number of anilines is 1. The van der Waals surface area contributed by atoms with E-state index in [-0.39, 0.29) is 17.9 Å². The molecule has 1 aromatic heterocycles. The highest BCUT2D eigenvalue weighted by Gasteiger charge is 2.28. The number of aromatic nitrogens is 1. The number of pyridine rings is 1. The van der Waals surface area contributed by atoms with Crippen molar-refractivity contribution in [3.63, 3.8) is 0 Å². The van der Waals surface area contributed by atoms with Gasteiger partial charge in [0.1, 0.15) is 5.15 Å². The lowest BCUT2D eigenvalue weighted by Crippen LogP contribution is -2.42. The van der Waals surface area contributed by atoms with Crippen LogP contribution in [0.4, 0.5) is 5.69 Å². The zero-order valence-corrected chi connectivity index (χ0v) is 23.3. The van der Waals surface area contributed by atoms with Gasteiger partial charge < -0.3 is 19.7 Å². The van der Waals surface area contributed by atoms with E-state index in [1.165, 1.54) is 0 Å². The Hall–Kier alpha value is -2.02. The number of nitrogens with one attached hydrogen (secondary N) is 1. The molecular formula is C27H38Cl2N4O2. The van der Waals surface area contributed by atoms with Gasteiger partial charge in [-0.2, -0.15) is 0 Å². The number of rotatable bonds is 8. The van der Waals surface area contributed by atoms with E-state index in [9.17, 15) is 9.59 Å². The molecule has 1 fully saturated rings. The van der Waals surface area contributed by atoms with Crippen molar-refractivity contribution in [1.29, 1.82) is 0 Å². The highest BCUT2D eigenvalue weighted by atomic mass is 35.5. The number of carbonyl (C=O) groups excluding carboxylic acids is 1. The number of halogens is 2. The first-order valence-electron chi connectivity index (χ1n) is 12.5. The highest BCUT2D eigenvalue weighted by molar-refractivity contribution is 6.31. The molecule has 0 spiro atoms. The maximum absolute atomic E-state index is 13.2. The van der Waals surface area contributed by atoms with Crippen LogP contribution in [0, 0.1) is 13.8 Å². The third-order valence-corrected chi connectivity index (χ3v) is 8.02. The molecule has 1 N–H and O–H groups in total. The van der Waals surface area contributed by atoms with Crippen LogP contribution < -0.4 is 15.6 Å². The second kappa shape index (κ2) is 11.8. The number of hydrogen-bond donors (Lipinski definition) is 1. The van der Waals surface area contributed by atoms with Crippen LogP contribution in [0.25, 0.3) is 0 Å². The maximum atomic E-state index is 13.2. The number of amides is 1. The molecule has 8 heteroatoms. The molecule has 0 atom stereocenters. The summed E-state index contributed by atoms with van der Waals surface area (Å²) in [5, 5.41) is 3.79.